The van der Waals surface area contributed by atoms with Crippen molar-refractivity contribution in [3.63, 3.8) is 0 Å². The quantitative estimate of drug-likeness (QED) is 0.681. The number of hydrogen-bond donors (Lipinski definition) is 3. The third-order valence-electron chi connectivity index (χ3n) is 3.60. The molecule has 0 aliphatic carbocycles. The molecule has 8 heteroatoms. The van der Waals surface area contributed by atoms with Gasteiger partial charge in [-0.3, -0.25) is 5.10 Å². The summed E-state index contributed by atoms with van der Waals surface area (Å²) in [6.07, 6.45) is 2.82. The van der Waals surface area contributed by atoms with Gasteiger partial charge >= 0.3 is 0 Å². The van der Waals surface area contributed by atoms with E-state index in [1.165, 1.54) is 0 Å². The van der Waals surface area contributed by atoms with Crippen LogP contribution in [0.2, 0.25) is 0 Å². The number of nitrogens with two attached hydrogens (primary N) is 1. The van der Waals surface area contributed by atoms with Crippen molar-refractivity contribution < 1.29 is 0 Å². The fourth-order valence-electron chi connectivity index (χ4n) is 2.50. The zero-order chi connectivity index (χ0) is 14.2. The number of nitrogens with zero attached hydrogens (tertiary/aromatic N) is 4. The molecule has 0 unspecified atom stereocenters. The van der Waals surface area contributed by atoms with Gasteiger partial charge in [0, 0.05) is 30.2 Å². The van der Waals surface area contributed by atoms with Crippen LogP contribution in [0.3, 0.4) is 0 Å². The first kappa shape index (κ1) is 12.5. The van der Waals surface area contributed by atoms with E-state index in [2.05, 4.69) is 30.6 Å². The van der Waals surface area contributed by atoms with Crippen LogP contribution in [0.5, 0.6) is 0 Å². The summed E-state index contributed by atoms with van der Waals surface area (Å²) in [6.45, 7) is 1.81. The number of H-pyrrole nitrogens is 1. The van der Waals surface area contributed by atoms with Crippen molar-refractivity contribution >= 4 is 38.2 Å². The van der Waals surface area contributed by atoms with Gasteiger partial charge in [0.05, 0.1) is 11.7 Å². The molecule has 0 bridgehead atoms. The lowest BCUT2D eigenvalue weighted by atomic mass is 10.2. The number of fused-ring (bicyclic) bond motifs is 1. The molecule has 1 aliphatic rings. The average molecular weight is 301 g/mol. The molecule has 1 saturated heterocycles. The zero-order valence-electron chi connectivity index (χ0n) is 11.3. The Bertz CT molecular complexity index is 765. The summed E-state index contributed by atoms with van der Waals surface area (Å²) in [4.78, 5) is 2.19. The minimum absolute atomic E-state index is 0.244. The highest BCUT2D eigenvalue weighted by Gasteiger charge is 2.22. The summed E-state index contributed by atoms with van der Waals surface area (Å²) < 4.78 is 0. The summed E-state index contributed by atoms with van der Waals surface area (Å²) in [5.74, 6) is 0. The van der Waals surface area contributed by atoms with Crippen LogP contribution in [-0.4, -0.2) is 39.5 Å². The van der Waals surface area contributed by atoms with Crippen molar-refractivity contribution in [2.24, 2.45) is 5.73 Å². The van der Waals surface area contributed by atoms with E-state index in [1.54, 1.807) is 17.5 Å². The molecule has 2 aromatic heterocycles. The van der Waals surface area contributed by atoms with Crippen LogP contribution in [-0.2, 0) is 0 Å². The van der Waals surface area contributed by atoms with E-state index >= 15 is 0 Å². The molecule has 7 nitrogen and oxygen atoms in total. The Kier molecular flexibility index (Phi) is 2.97. The maximum atomic E-state index is 5.93. The second-order valence-corrected chi connectivity index (χ2v) is 6.14. The SMILES string of the molecule is N[C@@H]1CCN(c2nnc(Nc3ccc4[nH]ncc4c3)s2)C1. The number of hydrogen-bond acceptors (Lipinski definition) is 7. The first-order valence-electron chi connectivity index (χ1n) is 6.82. The van der Waals surface area contributed by atoms with Crippen LogP contribution in [0.4, 0.5) is 16.0 Å². The predicted octanol–water partition coefficient (Wildman–Crippen LogP) is 1.70. The maximum Gasteiger partial charge on any atom is 0.211 e. The number of benzene rings is 1. The number of aromatic amines is 1. The molecule has 4 rings (SSSR count). The largest absolute Gasteiger partial charge is 0.345 e. The monoisotopic (exact) mass is 301 g/mol. The van der Waals surface area contributed by atoms with Gasteiger partial charge in [0.25, 0.3) is 0 Å². The van der Waals surface area contributed by atoms with Crippen LogP contribution < -0.4 is 16.0 Å². The third kappa shape index (κ3) is 2.43. The highest BCUT2D eigenvalue weighted by Crippen LogP contribution is 2.29. The van der Waals surface area contributed by atoms with Crippen molar-refractivity contribution in [3.05, 3.63) is 24.4 Å². The van der Waals surface area contributed by atoms with Gasteiger partial charge in [-0.2, -0.15) is 5.10 Å². The molecule has 3 aromatic rings. The zero-order valence-corrected chi connectivity index (χ0v) is 12.1. The molecule has 0 saturated carbocycles. The molecule has 0 radical (unpaired) electrons. The normalized spacial score (nSPS) is 18.5. The van der Waals surface area contributed by atoms with E-state index in [9.17, 15) is 0 Å². The van der Waals surface area contributed by atoms with Gasteiger partial charge in [0.2, 0.25) is 10.3 Å². The molecule has 0 amide bonds. The van der Waals surface area contributed by atoms with Gasteiger partial charge in [0.1, 0.15) is 0 Å². The maximum absolute atomic E-state index is 5.93. The topological polar surface area (TPSA) is 95.7 Å². The molecule has 1 aliphatic heterocycles. The number of aromatic nitrogens is 4. The van der Waals surface area contributed by atoms with Gasteiger partial charge in [-0.1, -0.05) is 11.3 Å². The standard InChI is InChI=1S/C13H15N7S/c14-9-3-4-20(7-9)13-19-18-12(21-13)16-10-1-2-11-8(5-10)6-15-17-11/h1-2,5-6,9H,3-4,7,14H2,(H,15,17)(H,16,18)/t9-/m1/s1. The summed E-state index contributed by atoms with van der Waals surface area (Å²) >= 11 is 1.55. The van der Waals surface area contributed by atoms with Gasteiger partial charge in [-0.05, 0) is 24.6 Å². The van der Waals surface area contributed by atoms with Crippen molar-refractivity contribution in [1.82, 2.24) is 20.4 Å². The lowest BCUT2D eigenvalue weighted by molar-refractivity contribution is 0.751. The Morgan fingerprint density at radius 1 is 1.38 bits per heavy atom. The molecule has 0 spiro atoms. The summed E-state index contributed by atoms with van der Waals surface area (Å²) in [6, 6.07) is 6.26. The molecule has 21 heavy (non-hydrogen) atoms. The van der Waals surface area contributed by atoms with E-state index in [0.29, 0.717) is 0 Å². The highest BCUT2D eigenvalue weighted by atomic mass is 32.1. The Hall–Kier alpha value is -2.19. The Balaban J connectivity index is 1.53. The Labute approximate surface area is 125 Å². The molecule has 4 N–H and O–H groups in total. The molecular formula is C13H15N7S. The van der Waals surface area contributed by atoms with Gasteiger partial charge in [0.15, 0.2) is 0 Å². The molecular weight excluding hydrogens is 286 g/mol. The van der Waals surface area contributed by atoms with Crippen molar-refractivity contribution in [2.75, 3.05) is 23.3 Å². The smallest absolute Gasteiger partial charge is 0.211 e. The molecule has 3 heterocycles. The highest BCUT2D eigenvalue weighted by molar-refractivity contribution is 7.19. The molecule has 108 valence electrons. The number of rotatable bonds is 3. The van der Waals surface area contributed by atoms with Crippen LogP contribution in [0.1, 0.15) is 6.42 Å². The van der Waals surface area contributed by atoms with Crippen LogP contribution in [0.15, 0.2) is 24.4 Å². The molecule has 1 atom stereocenters. The van der Waals surface area contributed by atoms with E-state index in [4.69, 9.17) is 5.73 Å². The third-order valence-corrected chi connectivity index (χ3v) is 4.50. The first-order chi connectivity index (χ1) is 10.3. The summed E-state index contributed by atoms with van der Waals surface area (Å²) in [5, 5.41) is 21.5. The van der Waals surface area contributed by atoms with Crippen molar-refractivity contribution in [1.29, 1.82) is 0 Å². The first-order valence-corrected chi connectivity index (χ1v) is 7.64. The molecule has 1 fully saturated rings. The van der Waals surface area contributed by atoms with Gasteiger partial charge < -0.3 is 16.0 Å². The van der Waals surface area contributed by atoms with E-state index in [0.717, 1.165) is 46.4 Å². The van der Waals surface area contributed by atoms with E-state index in [1.807, 2.05) is 18.2 Å². The lowest BCUT2D eigenvalue weighted by Crippen LogP contribution is -2.26. The minimum atomic E-state index is 0.244. The Morgan fingerprint density at radius 2 is 2.33 bits per heavy atom. The second kappa shape index (κ2) is 4.97. The average Bonchev–Trinajstić information content (AvgIpc) is 3.18. The lowest BCUT2D eigenvalue weighted by Gasteiger charge is -2.12. The predicted molar refractivity (Wildman–Crippen MR) is 84.1 cm³/mol. The number of nitrogens with one attached hydrogen (secondary N) is 2. The van der Waals surface area contributed by atoms with Crippen LogP contribution >= 0.6 is 11.3 Å². The minimum Gasteiger partial charge on any atom is -0.345 e. The fourth-order valence-corrected chi connectivity index (χ4v) is 3.30. The van der Waals surface area contributed by atoms with Crippen molar-refractivity contribution in [2.45, 2.75) is 12.5 Å². The summed E-state index contributed by atoms with van der Waals surface area (Å²) in [7, 11) is 0. The number of anilines is 3. The fraction of sp³-hybridized carbons (Fsp3) is 0.308. The van der Waals surface area contributed by atoms with Crippen molar-refractivity contribution in [3.8, 4) is 0 Å². The Morgan fingerprint density at radius 3 is 3.19 bits per heavy atom. The summed E-state index contributed by atoms with van der Waals surface area (Å²) in [5.41, 5.74) is 7.92. The van der Waals surface area contributed by atoms with E-state index in [-0.39, 0.29) is 6.04 Å². The van der Waals surface area contributed by atoms with E-state index < -0.39 is 0 Å². The van der Waals surface area contributed by atoms with Gasteiger partial charge in [-0.25, -0.2) is 0 Å². The van der Waals surface area contributed by atoms with Gasteiger partial charge in [-0.15, -0.1) is 10.2 Å². The van der Waals surface area contributed by atoms with Crippen LogP contribution in [0, 0.1) is 0 Å². The van der Waals surface area contributed by atoms with Crippen LogP contribution in [0.25, 0.3) is 10.9 Å². The molecule has 1 aromatic carbocycles. The second-order valence-electron chi connectivity index (χ2n) is 5.18.